The lowest BCUT2D eigenvalue weighted by Crippen LogP contribution is -2.33. The van der Waals surface area contributed by atoms with Crippen molar-refractivity contribution < 1.29 is 19.7 Å². The van der Waals surface area contributed by atoms with Gasteiger partial charge in [-0.2, -0.15) is 0 Å². The van der Waals surface area contributed by atoms with Crippen LogP contribution in [0.4, 0.5) is 0 Å². The number of fused-ring (bicyclic) bond motifs is 1. The van der Waals surface area contributed by atoms with Gasteiger partial charge in [-0.25, -0.2) is 0 Å². The lowest BCUT2D eigenvalue weighted by atomic mass is 9.90. The van der Waals surface area contributed by atoms with E-state index in [4.69, 9.17) is 21.1 Å². The summed E-state index contributed by atoms with van der Waals surface area (Å²) in [6.07, 6.45) is 0.502. The molecule has 3 aromatic rings. The summed E-state index contributed by atoms with van der Waals surface area (Å²) in [6.45, 7) is -0.0994. The van der Waals surface area contributed by atoms with Gasteiger partial charge in [0.1, 0.15) is 5.75 Å². The molecular weight excluding hydrogens is 388 g/mol. The van der Waals surface area contributed by atoms with Gasteiger partial charge < -0.3 is 19.7 Å². The minimum absolute atomic E-state index is 0.0994. The van der Waals surface area contributed by atoms with E-state index in [1.807, 2.05) is 48.5 Å². The normalized spacial score (nSPS) is 22.0. The van der Waals surface area contributed by atoms with E-state index in [-0.39, 0.29) is 18.8 Å². The van der Waals surface area contributed by atoms with E-state index in [0.717, 1.165) is 38.2 Å². The van der Waals surface area contributed by atoms with Crippen molar-refractivity contribution in [1.82, 2.24) is 0 Å². The molecule has 2 N–H and O–H groups in total. The van der Waals surface area contributed by atoms with Gasteiger partial charge in [-0.1, -0.05) is 54.1 Å². The number of halogens is 1. The van der Waals surface area contributed by atoms with E-state index in [9.17, 15) is 10.2 Å². The number of rotatable bonds is 5. The van der Waals surface area contributed by atoms with Gasteiger partial charge in [-0.3, -0.25) is 0 Å². The van der Waals surface area contributed by atoms with Gasteiger partial charge in [0, 0.05) is 18.2 Å². The fourth-order valence-electron chi connectivity index (χ4n) is 4.09. The molecule has 3 atom stereocenters. The van der Waals surface area contributed by atoms with Crippen molar-refractivity contribution in [2.24, 2.45) is 0 Å². The molecule has 0 amide bonds. The third-order valence-electron chi connectivity index (χ3n) is 5.57. The van der Waals surface area contributed by atoms with E-state index < -0.39 is 6.10 Å². The fraction of sp³-hybridized carbons (Fsp3) is 0.333. The lowest BCUT2D eigenvalue weighted by molar-refractivity contribution is -0.113. The van der Waals surface area contributed by atoms with Crippen molar-refractivity contribution in [3.8, 4) is 5.75 Å². The Kier molecular flexibility index (Phi) is 6.07. The molecule has 1 saturated heterocycles. The van der Waals surface area contributed by atoms with Crippen molar-refractivity contribution in [3.05, 3.63) is 76.3 Å². The van der Waals surface area contributed by atoms with Crippen LogP contribution in [0.2, 0.25) is 5.02 Å². The maximum Gasteiger partial charge on any atom is 0.118 e. The highest BCUT2D eigenvalue weighted by atomic mass is 35.5. The van der Waals surface area contributed by atoms with E-state index in [2.05, 4.69) is 6.07 Å². The second kappa shape index (κ2) is 8.72. The molecular formula is C24H25ClO4. The Morgan fingerprint density at radius 1 is 1.07 bits per heavy atom. The van der Waals surface area contributed by atoms with Crippen LogP contribution >= 0.6 is 11.6 Å². The molecule has 0 aliphatic carbocycles. The topological polar surface area (TPSA) is 58.9 Å². The van der Waals surface area contributed by atoms with Crippen molar-refractivity contribution in [2.75, 3.05) is 13.7 Å². The molecule has 152 valence electrons. The first-order valence-electron chi connectivity index (χ1n) is 9.86. The molecule has 4 rings (SSSR count). The zero-order valence-corrected chi connectivity index (χ0v) is 17.1. The Morgan fingerprint density at radius 3 is 2.48 bits per heavy atom. The third kappa shape index (κ3) is 4.26. The molecule has 29 heavy (non-hydrogen) atoms. The van der Waals surface area contributed by atoms with Crippen LogP contribution in [0, 0.1) is 0 Å². The second-order valence-corrected chi connectivity index (χ2v) is 7.94. The molecule has 0 aromatic heterocycles. The number of hydrogen-bond acceptors (Lipinski definition) is 4. The average molecular weight is 413 g/mol. The predicted molar refractivity (Wildman–Crippen MR) is 115 cm³/mol. The van der Waals surface area contributed by atoms with Crippen LogP contribution in [0.25, 0.3) is 10.8 Å². The molecule has 0 saturated carbocycles. The SMILES string of the molecule is COc1ccc(Cc2cc([C@H]3CC(O)CC(CO)O3)c3ccccc3c2Cl)cc1. The van der Waals surface area contributed by atoms with E-state index in [0.29, 0.717) is 19.3 Å². The standard InChI is InChI=1S/C24H25ClO4/c1-28-18-8-6-15(7-9-18)10-16-11-22(20-4-2-3-5-21(20)24(16)25)23-13-17(27)12-19(14-26)29-23/h2-9,11,17,19,23,26-27H,10,12-14H2,1H3/t17?,19?,23-/m1/s1. The highest BCUT2D eigenvalue weighted by molar-refractivity contribution is 6.36. The Morgan fingerprint density at radius 2 is 1.79 bits per heavy atom. The second-order valence-electron chi connectivity index (χ2n) is 7.56. The van der Waals surface area contributed by atoms with Crippen LogP contribution in [0.5, 0.6) is 5.75 Å². The van der Waals surface area contributed by atoms with Gasteiger partial charge in [0.15, 0.2) is 0 Å². The zero-order valence-electron chi connectivity index (χ0n) is 16.3. The summed E-state index contributed by atoms with van der Waals surface area (Å²) in [5.74, 6) is 0.818. The molecule has 0 radical (unpaired) electrons. The number of ether oxygens (including phenoxy) is 2. The quantitative estimate of drug-likeness (QED) is 0.639. The van der Waals surface area contributed by atoms with Crippen molar-refractivity contribution >= 4 is 22.4 Å². The van der Waals surface area contributed by atoms with E-state index >= 15 is 0 Å². The Balaban J connectivity index is 1.76. The molecule has 2 unspecified atom stereocenters. The number of benzene rings is 3. The molecule has 3 aromatic carbocycles. The Bertz CT molecular complexity index is 986. The summed E-state index contributed by atoms with van der Waals surface area (Å²) in [6, 6.07) is 18.0. The van der Waals surface area contributed by atoms with Gasteiger partial charge in [0.05, 0.1) is 37.1 Å². The van der Waals surface area contributed by atoms with Gasteiger partial charge in [0.2, 0.25) is 0 Å². The lowest BCUT2D eigenvalue weighted by Gasteiger charge is -2.33. The smallest absolute Gasteiger partial charge is 0.118 e. The predicted octanol–water partition coefficient (Wildman–Crippen LogP) is 4.67. The van der Waals surface area contributed by atoms with Crippen LogP contribution < -0.4 is 4.74 Å². The minimum atomic E-state index is -0.495. The van der Waals surface area contributed by atoms with Crippen LogP contribution in [-0.2, 0) is 11.2 Å². The Labute approximate surface area is 175 Å². The molecule has 1 aliphatic heterocycles. The highest BCUT2D eigenvalue weighted by Gasteiger charge is 2.30. The molecule has 4 nitrogen and oxygen atoms in total. The zero-order chi connectivity index (χ0) is 20.4. The van der Waals surface area contributed by atoms with Crippen LogP contribution in [0.15, 0.2) is 54.6 Å². The van der Waals surface area contributed by atoms with Gasteiger partial charge in [0.25, 0.3) is 0 Å². The largest absolute Gasteiger partial charge is 0.497 e. The summed E-state index contributed by atoms with van der Waals surface area (Å²) in [4.78, 5) is 0. The number of hydrogen-bond donors (Lipinski definition) is 2. The van der Waals surface area contributed by atoms with Crippen LogP contribution in [0.3, 0.4) is 0 Å². The highest BCUT2D eigenvalue weighted by Crippen LogP contribution is 2.39. The number of aliphatic hydroxyl groups is 2. The summed E-state index contributed by atoms with van der Waals surface area (Å²) < 4.78 is 11.3. The summed E-state index contributed by atoms with van der Waals surface area (Å²) in [7, 11) is 1.65. The maximum atomic E-state index is 10.3. The number of methoxy groups -OCH3 is 1. The molecule has 0 spiro atoms. The summed E-state index contributed by atoms with van der Waals surface area (Å²) in [5, 5.41) is 22.6. The summed E-state index contributed by atoms with van der Waals surface area (Å²) in [5.41, 5.74) is 3.15. The average Bonchev–Trinajstić information content (AvgIpc) is 2.75. The number of aliphatic hydroxyl groups excluding tert-OH is 2. The first-order chi connectivity index (χ1) is 14.1. The van der Waals surface area contributed by atoms with Crippen molar-refractivity contribution in [3.63, 3.8) is 0 Å². The molecule has 1 heterocycles. The van der Waals surface area contributed by atoms with Gasteiger partial charge in [-0.15, -0.1) is 0 Å². The monoisotopic (exact) mass is 412 g/mol. The molecule has 1 fully saturated rings. The van der Waals surface area contributed by atoms with Crippen LogP contribution in [-0.4, -0.2) is 36.1 Å². The summed E-state index contributed by atoms with van der Waals surface area (Å²) >= 11 is 6.79. The maximum absolute atomic E-state index is 10.3. The van der Waals surface area contributed by atoms with Gasteiger partial charge in [-0.05, 0) is 40.6 Å². The van der Waals surface area contributed by atoms with Gasteiger partial charge >= 0.3 is 0 Å². The molecule has 1 aliphatic rings. The molecule has 0 bridgehead atoms. The van der Waals surface area contributed by atoms with Crippen molar-refractivity contribution in [1.29, 1.82) is 0 Å². The Hall–Kier alpha value is -2.11. The molecule has 5 heteroatoms. The minimum Gasteiger partial charge on any atom is -0.497 e. The van der Waals surface area contributed by atoms with Crippen LogP contribution in [0.1, 0.15) is 35.6 Å². The van der Waals surface area contributed by atoms with E-state index in [1.165, 1.54) is 0 Å². The van der Waals surface area contributed by atoms with E-state index in [1.54, 1.807) is 7.11 Å². The first kappa shape index (κ1) is 20.2. The fourth-order valence-corrected chi connectivity index (χ4v) is 4.38. The first-order valence-corrected chi connectivity index (χ1v) is 10.2. The third-order valence-corrected chi connectivity index (χ3v) is 6.01. The van der Waals surface area contributed by atoms with Crippen molar-refractivity contribution in [2.45, 2.75) is 37.6 Å².